The number of alkyl halides is 3. The number of piperazine rings is 1. The number of nitrogens with one attached hydrogen (secondary N) is 1. The van der Waals surface area contributed by atoms with Gasteiger partial charge in [0.25, 0.3) is 5.91 Å². The summed E-state index contributed by atoms with van der Waals surface area (Å²) in [6, 6.07) is 5.92. The molecule has 0 saturated carbocycles. The second-order valence-electron chi connectivity index (χ2n) is 6.45. The van der Waals surface area contributed by atoms with E-state index in [0.717, 1.165) is 17.8 Å². The number of anilines is 2. The Morgan fingerprint density at radius 2 is 1.68 bits per heavy atom. The maximum atomic E-state index is 12.6. The summed E-state index contributed by atoms with van der Waals surface area (Å²) in [7, 11) is 0. The third-order valence-corrected chi connectivity index (χ3v) is 4.55. The number of halogens is 3. The van der Waals surface area contributed by atoms with Crippen molar-refractivity contribution in [3.63, 3.8) is 0 Å². The van der Waals surface area contributed by atoms with E-state index in [1.165, 1.54) is 25.3 Å². The molecule has 1 aromatic carbocycles. The Hall–Kier alpha value is -3.10. The Balaban J connectivity index is 1.66. The summed E-state index contributed by atoms with van der Waals surface area (Å²) in [5.41, 5.74) is 0.534. The van der Waals surface area contributed by atoms with Gasteiger partial charge >= 0.3 is 6.18 Å². The van der Waals surface area contributed by atoms with Gasteiger partial charge in [0.05, 0.1) is 23.0 Å². The number of nitrogens with zero attached hydrogens (tertiary/aromatic N) is 3. The second-order valence-corrected chi connectivity index (χ2v) is 6.45. The Kier molecular flexibility index (Phi) is 5.53. The maximum Gasteiger partial charge on any atom is 0.416 e. The molecule has 1 saturated heterocycles. The van der Waals surface area contributed by atoms with E-state index in [9.17, 15) is 22.8 Å². The Bertz CT molecular complexity index is 860. The van der Waals surface area contributed by atoms with Crippen molar-refractivity contribution in [3.05, 3.63) is 53.9 Å². The van der Waals surface area contributed by atoms with Gasteiger partial charge in [0.15, 0.2) is 0 Å². The summed E-state index contributed by atoms with van der Waals surface area (Å²) in [6.45, 7) is 3.98. The predicted molar refractivity (Wildman–Crippen MR) is 98.1 cm³/mol. The molecule has 2 aromatic rings. The molecule has 1 fully saturated rings. The third-order valence-electron chi connectivity index (χ3n) is 4.55. The van der Waals surface area contributed by atoms with Crippen LogP contribution in [0.15, 0.2) is 42.7 Å². The van der Waals surface area contributed by atoms with Gasteiger partial charge in [-0.3, -0.25) is 14.6 Å². The molecule has 2 heterocycles. The fourth-order valence-electron chi connectivity index (χ4n) is 2.95. The molecule has 6 nitrogen and oxygen atoms in total. The largest absolute Gasteiger partial charge is 0.416 e. The fraction of sp³-hybridized carbons (Fsp3) is 0.316. The zero-order chi connectivity index (χ0) is 20.3. The van der Waals surface area contributed by atoms with Gasteiger partial charge in [0, 0.05) is 45.0 Å². The van der Waals surface area contributed by atoms with Crippen LogP contribution in [0.5, 0.6) is 0 Å². The molecule has 1 N–H and O–H groups in total. The summed E-state index contributed by atoms with van der Waals surface area (Å²) in [5.74, 6) is -0.432. The molecule has 0 atom stereocenters. The first-order valence-corrected chi connectivity index (χ1v) is 8.68. The maximum absolute atomic E-state index is 12.6. The number of pyridine rings is 1. The molecule has 0 aliphatic carbocycles. The summed E-state index contributed by atoms with van der Waals surface area (Å²) in [6.07, 6.45) is -1.39. The van der Waals surface area contributed by atoms with Crippen LogP contribution in [0.2, 0.25) is 0 Å². The number of aromatic nitrogens is 1. The summed E-state index contributed by atoms with van der Waals surface area (Å²) in [5, 5.41) is 2.57. The SMILES string of the molecule is CC(=O)N1CCN(c2cncc(C(=O)Nc3ccc(C(F)(F)F)cc3)c2)CC1. The Morgan fingerprint density at radius 1 is 1.04 bits per heavy atom. The van der Waals surface area contributed by atoms with Crippen molar-refractivity contribution in [1.82, 2.24) is 9.88 Å². The van der Waals surface area contributed by atoms with Gasteiger partial charge in [-0.15, -0.1) is 0 Å². The van der Waals surface area contributed by atoms with Crippen molar-refractivity contribution in [2.45, 2.75) is 13.1 Å². The highest BCUT2D eigenvalue weighted by Crippen LogP contribution is 2.30. The molecule has 1 aromatic heterocycles. The first-order chi connectivity index (χ1) is 13.2. The van der Waals surface area contributed by atoms with Crippen molar-refractivity contribution in [2.24, 2.45) is 0 Å². The van der Waals surface area contributed by atoms with Crippen molar-refractivity contribution in [3.8, 4) is 0 Å². The van der Waals surface area contributed by atoms with E-state index in [2.05, 4.69) is 10.3 Å². The van der Waals surface area contributed by atoms with Crippen molar-refractivity contribution >= 4 is 23.2 Å². The van der Waals surface area contributed by atoms with E-state index in [0.29, 0.717) is 31.7 Å². The third kappa shape index (κ3) is 4.59. The minimum Gasteiger partial charge on any atom is -0.367 e. The zero-order valence-electron chi connectivity index (χ0n) is 15.2. The normalized spacial score (nSPS) is 14.7. The number of carbonyl (C=O) groups excluding carboxylic acids is 2. The Labute approximate surface area is 160 Å². The van der Waals surface area contributed by atoms with Gasteiger partial charge in [0.2, 0.25) is 5.91 Å². The number of carbonyl (C=O) groups is 2. The van der Waals surface area contributed by atoms with Gasteiger partial charge in [0.1, 0.15) is 0 Å². The summed E-state index contributed by atoms with van der Waals surface area (Å²) >= 11 is 0. The first kappa shape index (κ1) is 19.7. The monoisotopic (exact) mass is 392 g/mol. The summed E-state index contributed by atoms with van der Waals surface area (Å²) in [4.78, 5) is 31.7. The van der Waals surface area contributed by atoms with Crippen molar-refractivity contribution in [2.75, 3.05) is 36.4 Å². The lowest BCUT2D eigenvalue weighted by Crippen LogP contribution is -2.48. The molecule has 9 heteroatoms. The van der Waals surface area contributed by atoms with Crippen LogP contribution in [-0.2, 0) is 11.0 Å². The highest BCUT2D eigenvalue weighted by molar-refractivity contribution is 6.04. The fourth-order valence-corrected chi connectivity index (χ4v) is 2.95. The highest BCUT2D eigenvalue weighted by atomic mass is 19.4. The molecule has 3 rings (SSSR count). The molecular formula is C19H19F3N4O2. The predicted octanol–water partition coefficient (Wildman–Crippen LogP) is 3.02. The molecule has 0 spiro atoms. The van der Waals surface area contributed by atoms with Gasteiger partial charge in [-0.1, -0.05) is 0 Å². The topological polar surface area (TPSA) is 65.5 Å². The molecule has 0 unspecified atom stereocenters. The second kappa shape index (κ2) is 7.87. The standard InChI is InChI=1S/C19H19F3N4O2/c1-13(27)25-6-8-26(9-7-25)17-10-14(11-23-12-17)18(28)24-16-4-2-15(3-5-16)19(20,21)22/h2-5,10-12H,6-9H2,1H3,(H,24,28). The minimum atomic E-state index is -4.42. The van der Waals surface area contributed by atoms with Crippen LogP contribution in [0, 0.1) is 0 Å². The molecule has 148 valence electrons. The van der Waals surface area contributed by atoms with Gasteiger partial charge in [-0.05, 0) is 30.3 Å². The van der Waals surface area contributed by atoms with Crippen LogP contribution in [0.4, 0.5) is 24.5 Å². The van der Waals surface area contributed by atoms with Crippen LogP contribution < -0.4 is 10.2 Å². The number of hydrogen-bond donors (Lipinski definition) is 1. The number of benzene rings is 1. The number of amides is 2. The quantitative estimate of drug-likeness (QED) is 0.872. The van der Waals surface area contributed by atoms with Gasteiger partial charge < -0.3 is 15.1 Å². The lowest BCUT2D eigenvalue weighted by Gasteiger charge is -2.35. The molecule has 2 amide bonds. The highest BCUT2D eigenvalue weighted by Gasteiger charge is 2.30. The molecule has 1 aliphatic rings. The molecular weight excluding hydrogens is 373 g/mol. The van der Waals surface area contributed by atoms with Crippen LogP contribution >= 0.6 is 0 Å². The lowest BCUT2D eigenvalue weighted by atomic mass is 10.2. The van der Waals surface area contributed by atoms with E-state index >= 15 is 0 Å². The van der Waals surface area contributed by atoms with Crippen LogP contribution in [-0.4, -0.2) is 47.9 Å². The molecule has 1 aliphatic heterocycles. The Morgan fingerprint density at radius 3 is 2.25 bits per heavy atom. The number of rotatable bonds is 3. The van der Waals surface area contributed by atoms with E-state index in [1.807, 2.05) is 4.90 Å². The lowest BCUT2D eigenvalue weighted by molar-refractivity contribution is -0.137. The van der Waals surface area contributed by atoms with Crippen LogP contribution in [0.3, 0.4) is 0 Å². The van der Waals surface area contributed by atoms with E-state index in [4.69, 9.17) is 0 Å². The first-order valence-electron chi connectivity index (χ1n) is 8.68. The molecule has 28 heavy (non-hydrogen) atoms. The van der Waals surface area contributed by atoms with Crippen LogP contribution in [0.25, 0.3) is 0 Å². The van der Waals surface area contributed by atoms with E-state index in [1.54, 1.807) is 17.2 Å². The zero-order valence-corrected chi connectivity index (χ0v) is 15.2. The van der Waals surface area contributed by atoms with Gasteiger partial charge in [-0.2, -0.15) is 13.2 Å². The average molecular weight is 392 g/mol. The minimum absolute atomic E-state index is 0.0300. The average Bonchev–Trinajstić information content (AvgIpc) is 2.68. The van der Waals surface area contributed by atoms with Crippen LogP contribution in [0.1, 0.15) is 22.8 Å². The van der Waals surface area contributed by atoms with Crippen molar-refractivity contribution in [1.29, 1.82) is 0 Å². The molecule has 0 radical (unpaired) electrons. The van der Waals surface area contributed by atoms with E-state index in [-0.39, 0.29) is 11.6 Å². The smallest absolute Gasteiger partial charge is 0.367 e. The number of hydrogen-bond acceptors (Lipinski definition) is 4. The van der Waals surface area contributed by atoms with E-state index < -0.39 is 17.6 Å². The molecule has 0 bridgehead atoms. The summed E-state index contributed by atoms with van der Waals surface area (Å²) < 4.78 is 37.8. The van der Waals surface area contributed by atoms with Crippen molar-refractivity contribution < 1.29 is 22.8 Å². The van der Waals surface area contributed by atoms with Gasteiger partial charge in [-0.25, -0.2) is 0 Å².